The molecule has 2 heterocycles. The van der Waals surface area contributed by atoms with Gasteiger partial charge < -0.3 is 5.32 Å². The van der Waals surface area contributed by atoms with E-state index in [4.69, 9.17) is 0 Å². The van der Waals surface area contributed by atoms with Crippen molar-refractivity contribution >= 4 is 39.0 Å². The monoisotopic (exact) mass is 404 g/mol. The lowest BCUT2D eigenvalue weighted by Gasteiger charge is -2.10. The van der Waals surface area contributed by atoms with Crippen molar-refractivity contribution in [3.05, 3.63) is 81.5 Å². The highest BCUT2D eigenvalue weighted by atomic mass is 32.1. The lowest BCUT2D eigenvalue weighted by Crippen LogP contribution is -2.13. The van der Waals surface area contributed by atoms with E-state index < -0.39 is 10.8 Å². The van der Waals surface area contributed by atoms with Crippen LogP contribution in [-0.4, -0.2) is 20.8 Å². The molecule has 2 aromatic carbocycles. The number of fused-ring (bicyclic) bond motifs is 1. The molecule has 2 aromatic heterocycles. The summed E-state index contributed by atoms with van der Waals surface area (Å²) >= 11 is 1.48. The summed E-state index contributed by atoms with van der Waals surface area (Å²) in [6, 6.07) is 13.9. The zero-order chi connectivity index (χ0) is 20.5. The minimum Gasteiger partial charge on any atom is -0.322 e. The third-order valence-corrected chi connectivity index (χ3v) is 5.60. The smallest absolute Gasteiger partial charge is 0.273 e. The van der Waals surface area contributed by atoms with Crippen LogP contribution in [0, 0.1) is 24.0 Å². The first-order chi connectivity index (χ1) is 13.9. The Kier molecular flexibility index (Phi) is 4.77. The Hall–Kier alpha value is -3.65. The molecule has 0 aliphatic rings. The van der Waals surface area contributed by atoms with Gasteiger partial charge in [0.15, 0.2) is 0 Å². The molecule has 0 aliphatic heterocycles. The van der Waals surface area contributed by atoms with Gasteiger partial charge >= 0.3 is 0 Å². The molecule has 144 valence electrons. The largest absolute Gasteiger partial charge is 0.322 e. The van der Waals surface area contributed by atoms with Crippen LogP contribution < -0.4 is 5.32 Å². The summed E-state index contributed by atoms with van der Waals surface area (Å²) < 4.78 is 0. The summed E-state index contributed by atoms with van der Waals surface area (Å²) in [4.78, 5) is 33.1. The Bertz CT molecular complexity index is 1230. The Morgan fingerprint density at radius 1 is 1.10 bits per heavy atom. The van der Waals surface area contributed by atoms with Crippen LogP contribution >= 0.6 is 11.3 Å². The van der Waals surface area contributed by atoms with Crippen LogP contribution in [0.4, 0.5) is 11.4 Å². The number of rotatable bonds is 4. The Morgan fingerprint density at radius 3 is 2.66 bits per heavy atom. The van der Waals surface area contributed by atoms with E-state index in [1.54, 1.807) is 25.3 Å². The second-order valence-electron chi connectivity index (χ2n) is 6.59. The number of benzene rings is 2. The molecule has 29 heavy (non-hydrogen) atoms. The number of nitro benzene ring substituents is 1. The number of thiazole rings is 1. The molecule has 0 bridgehead atoms. The van der Waals surface area contributed by atoms with Crippen LogP contribution in [0.5, 0.6) is 0 Å². The number of nitrogens with one attached hydrogen (secondary N) is 1. The molecular weight excluding hydrogens is 388 g/mol. The number of amides is 1. The van der Waals surface area contributed by atoms with Crippen LogP contribution in [0.3, 0.4) is 0 Å². The number of anilines is 1. The van der Waals surface area contributed by atoms with Gasteiger partial charge in [-0.2, -0.15) is 0 Å². The van der Waals surface area contributed by atoms with Crippen LogP contribution in [0.15, 0.2) is 54.7 Å². The summed E-state index contributed by atoms with van der Waals surface area (Å²) in [5, 5.41) is 14.8. The summed E-state index contributed by atoms with van der Waals surface area (Å²) in [5.41, 5.74) is 3.86. The van der Waals surface area contributed by atoms with Gasteiger partial charge in [0, 0.05) is 34.6 Å². The molecule has 0 atom stereocenters. The quantitative estimate of drug-likeness (QED) is 0.375. The van der Waals surface area contributed by atoms with Crippen molar-refractivity contribution in [3.63, 3.8) is 0 Å². The molecule has 0 fully saturated rings. The zero-order valence-corrected chi connectivity index (χ0v) is 16.5. The van der Waals surface area contributed by atoms with Gasteiger partial charge in [0.05, 0.1) is 4.92 Å². The van der Waals surface area contributed by atoms with E-state index in [1.165, 1.54) is 17.4 Å². The number of hydrogen-bond donors (Lipinski definition) is 1. The fourth-order valence-electron chi connectivity index (χ4n) is 2.92. The van der Waals surface area contributed by atoms with E-state index in [0.717, 1.165) is 26.5 Å². The van der Waals surface area contributed by atoms with Crippen molar-refractivity contribution in [2.24, 2.45) is 0 Å². The van der Waals surface area contributed by atoms with E-state index in [1.807, 2.05) is 37.3 Å². The van der Waals surface area contributed by atoms with Crippen molar-refractivity contribution < 1.29 is 9.72 Å². The molecule has 4 aromatic rings. The molecule has 1 N–H and O–H groups in total. The highest BCUT2D eigenvalue weighted by molar-refractivity contribution is 7.21. The van der Waals surface area contributed by atoms with Crippen molar-refractivity contribution in [1.82, 2.24) is 9.97 Å². The van der Waals surface area contributed by atoms with Crippen molar-refractivity contribution in [2.75, 3.05) is 5.32 Å². The van der Waals surface area contributed by atoms with Gasteiger partial charge in [-0.1, -0.05) is 29.5 Å². The van der Waals surface area contributed by atoms with Gasteiger partial charge in [-0.25, -0.2) is 9.97 Å². The molecule has 0 unspecified atom stereocenters. The lowest BCUT2D eigenvalue weighted by molar-refractivity contribution is -0.385. The summed E-state index contributed by atoms with van der Waals surface area (Å²) in [5.74, 6) is -0.403. The number of nitro groups is 1. The SMILES string of the molecule is Cc1ccc(-c2nc3cccnc3s2)cc1NC(=O)c1ccc(C)c([N+](=O)[O-])c1. The second-order valence-corrected chi connectivity index (χ2v) is 7.57. The lowest BCUT2D eigenvalue weighted by atomic mass is 10.1. The average molecular weight is 404 g/mol. The third-order valence-electron chi connectivity index (χ3n) is 4.57. The topological polar surface area (TPSA) is 98.0 Å². The Balaban J connectivity index is 1.65. The van der Waals surface area contributed by atoms with E-state index >= 15 is 0 Å². The Labute approximate surface area is 170 Å². The molecular formula is C21H16N4O3S. The molecule has 7 nitrogen and oxygen atoms in total. The average Bonchev–Trinajstić information content (AvgIpc) is 3.14. The van der Waals surface area contributed by atoms with Crippen LogP contribution in [-0.2, 0) is 0 Å². The van der Waals surface area contributed by atoms with Gasteiger partial charge in [-0.15, -0.1) is 0 Å². The van der Waals surface area contributed by atoms with Gasteiger partial charge in [0.2, 0.25) is 0 Å². The van der Waals surface area contributed by atoms with Crippen LogP contribution in [0.2, 0.25) is 0 Å². The predicted octanol–water partition coefficient (Wildman–Crippen LogP) is 5.14. The van der Waals surface area contributed by atoms with Crippen LogP contribution in [0.1, 0.15) is 21.5 Å². The normalized spacial score (nSPS) is 10.8. The molecule has 8 heteroatoms. The molecule has 0 saturated heterocycles. The minimum atomic E-state index is -0.487. The maximum absolute atomic E-state index is 12.7. The number of nitrogens with zero attached hydrogens (tertiary/aromatic N) is 3. The fourth-order valence-corrected chi connectivity index (χ4v) is 3.83. The highest BCUT2D eigenvalue weighted by Gasteiger charge is 2.16. The van der Waals surface area contributed by atoms with E-state index in [9.17, 15) is 14.9 Å². The minimum absolute atomic E-state index is 0.0786. The molecule has 0 radical (unpaired) electrons. The van der Waals surface area contributed by atoms with Crippen LogP contribution in [0.25, 0.3) is 20.9 Å². The summed E-state index contributed by atoms with van der Waals surface area (Å²) in [6.45, 7) is 3.52. The number of carbonyl (C=O) groups is 1. The van der Waals surface area contributed by atoms with Crippen molar-refractivity contribution in [3.8, 4) is 10.6 Å². The zero-order valence-electron chi connectivity index (χ0n) is 15.7. The van der Waals surface area contributed by atoms with Gasteiger partial charge in [0.1, 0.15) is 15.4 Å². The van der Waals surface area contributed by atoms with E-state index in [0.29, 0.717) is 11.3 Å². The molecule has 0 saturated carbocycles. The highest BCUT2D eigenvalue weighted by Crippen LogP contribution is 2.31. The molecule has 1 amide bonds. The van der Waals surface area contributed by atoms with Crippen molar-refractivity contribution in [1.29, 1.82) is 0 Å². The first kappa shape index (κ1) is 18.7. The fraction of sp³-hybridized carbons (Fsp3) is 0.0952. The number of carbonyl (C=O) groups excluding carboxylic acids is 1. The van der Waals surface area contributed by atoms with Crippen molar-refractivity contribution in [2.45, 2.75) is 13.8 Å². The first-order valence-corrected chi connectivity index (χ1v) is 9.63. The van der Waals surface area contributed by atoms with E-state index in [-0.39, 0.29) is 11.3 Å². The molecule has 0 aliphatic carbocycles. The Morgan fingerprint density at radius 2 is 1.90 bits per heavy atom. The number of aryl methyl sites for hydroxylation is 2. The second kappa shape index (κ2) is 7.40. The van der Waals surface area contributed by atoms with E-state index in [2.05, 4.69) is 15.3 Å². The van der Waals surface area contributed by atoms with Gasteiger partial charge in [-0.3, -0.25) is 14.9 Å². The predicted molar refractivity (Wildman–Crippen MR) is 113 cm³/mol. The maximum Gasteiger partial charge on any atom is 0.273 e. The first-order valence-electron chi connectivity index (χ1n) is 8.81. The van der Waals surface area contributed by atoms with Gasteiger partial charge in [-0.05, 0) is 43.7 Å². The van der Waals surface area contributed by atoms with Gasteiger partial charge in [0.25, 0.3) is 11.6 Å². The maximum atomic E-state index is 12.7. The molecule has 0 spiro atoms. The summed E-state index contributed by atoms with van der Waals surface area (Å²) in [6.07, 6.45) is 1.73. The number of aromatic nitrogens is 2. The number of hydrogen-bond acceptors (Lipinski definition) is 6. The number of pyridine rings is 1. The standard InChI is InChI=1S/C21H16N4O3S/c1-12-5-8-15(20-24-16-4-3-9-22-21(16)29-20)10-17(12)23-19(26)14-7-6-13(2)18(11-14)25(27)28/h3-11H,1-2H3,(H,23,26). The third kappa shape index (κ3) is 3.70. The molecule has 4 rings (SSSR count). The summed E-state index contributed by atoms with van der Waals surface area (Å²) in [7, 11) is 0.